The van der Waals surface area contributed by atoms with Gasteiger partial charge in [0, 0.05) is 56.4 Å². The van der Waals surface area contributed by atoms with Crippen LogP contribution in [0.2, 0.25) is 0 Å². The van der Waals surface area contributed by atoms with E-state index in [0.29, 0.717) is 37.5 Å². The van der Waals surface area contributed by atoms with Crippen molar-refractivity contribution in [1.29, 1.82) is 0 Å². The van der Waals surface area contributed by atoms with E-state index in [1.165, 1.54) is 7.11 Å². The van der Waals surface area contributed by atoms with Gasteiger partial charge in [0.2, 0.25) is 11.8 Å². The SMILES string of the molecule is CCCOCCOCCC(=O)C[C@@H](CCC(=O)OC)C(=O)N[C@H](C(=O)C[C@@H](CCCNC(N)=O)C(=O)Nc1ccc(CO)cc1)C(C)C. The van der Waals surface area contributed by atoms with Gasteiger partial charge in [0.15, 0.2) is 5.78 Å². The number of anilines is 1. The lowest BCUT2D eigenvalue weighted by molar-refractivity contribution is -0.142. The summed E-state index contributed by atoms with van der Waals surface area (Å²) < 4.78 is 15.5. The molecule has 3 atom stereocenters. The molecule has 0 spiro atoms. The molecule has 0 aliphatic carbocycles. The monoisotopic (exact) mass is 678 g/mol. The van der Waals surface area contributed by atoms with E-state index in [2.05, 4.69) is 16.0 Å². The van der Waals surface area contributed by atoms with E-state index in [1.54, 1.807) is 38.1 Å². The zero-order valence-corrected chi connectivity index (χ0v) is 28.7. The summed E-state index contributed by atoms with van der Waals surface area (Å²) in [4.78, 5) is 76.2. The molecule has 1 aromatic carbocycles. The van der Waals surface area contributed by atoms with Gasteiger partial charge in [-0.15, -0.1) is 0 Å². The lowest BCUT2D eigenvalue weighted by Gasteiger charge is -2.26. The van der Waals surface area contributed by atoms with Crippen LogP contribution in [-0.4, -0.2) is 86.6 Å². The number of nitrogens with one attached hydrogen (secondary N) is 3. The van der Waals surface area contributed by atoms with Crippen molar-refractivity contribution < 1.29 is 48.1 Å². The second-order valence-electron chi connectivity index (χ2n) is 11.9. The quantitative estimate of drug-likeness (QED) is 0.0714. The lowest BCUT2D eigenvalue weighted by Crippen LogP contribution is -2.48. The maximum Gasteiger partial charge on any atom is 0.312 e. The number of rotatable bonds is 26. The zero-order valence-electron chi connectivity index (χ0n) is 28.7. The number of hydrogen-bond acceptors (Lipinski definition) is 10. The molecule has 0 radical (unpaired) electrons. The second kappa shape index (κ2) is 24.3. The zero-order chi connectivity index (χ0) is 35.9. The Balaban J connectivity index is 2.99. The predicted octanol–water partition coefficient (Wildman–Crippen LogP) is 2.64. The summed E-state index contributed by atoms with van der Waals surface area (Å²) in [6, 6.07) is 4.92. The third-order valence-electron chi connectivity index (χ3n) is 7.58. The number of nitrogens with two attached hydrogens (primary N) is 1. The van der Waals surface area contributed by atoms with Crippen LogP contribution < -0.4 is 21.7 Å². The number of primary amides is 1. The maximum atomic E-state index is 13.7. The first-order valence-corrected chi connectivity index (χ1v) is 16.5. The number of methoxy groups -OCH3 is 1. The van der Waals surface area contributed by atoms with Crippen LogP contribution in [-0.2, 0) is 44.8 Å². The number of urea groups is 1. The average molecular weight is 679 g/mol. The number of aliphatic hydroxyl groups excluding tert-OH is 1. The highest BCUT2D eigenvalue weighted by Crippen LogP contribution is 2.21. The van der Waals surface area contributed by atoms with Gasteiger partial charge in [-0.1, -0.05) is 32.9 Å². The molecule has 0 saturated carbocycles. The van der Waals surface area contributed by atoms with Crippen LogP contribution in [0.5, 0.6) is 0 Å². The van der Waals surface area contributed by atoms with E-state index in [9.17, 15) is 33.9 Å². The van der Waals surface area contributed by atoms with Crippen LogP contribution in [0.25, 0.3) is 0 Å². The van der Waals surface area contributed by atoms with Gasteiger partial charge in [0.25, 0.3) is 0 Å². The van der Waals surface area contributed by atoms with E-state index in [0.717, 1.165) is 6.42 Å². The lowest BCUT2D eigenvalue weighted by atomic mass is 9.88. The second-order valence-corrected chi connectivity index (χ2v) is 11.9. The van der Waals surface area contributed by atoms with Crippen molar-refractivity contribution in [3.8, 4) is 0 Å². The van der Waals surface area contributed by atoms with Gasteiger partial charge in [-0.05, 0) is 49.3 Å². The number of aliphatic hydroxyl groups is 1. The normalized spacial score (nSPS) is 12.9. The van der Waals surface area contributed by atoms with Crippen molar-refractivity contribution >= 4 is 41.1 Å². The highest BCUT2D eigenvalue weighted by atomic mass is 16.5. The van der Waals surface area contributed by atoms with Crippen molar-refractivity contribution in [1.82, 2.24) is 10.6 Å². The fraction of sp³-hybridized carbons (Fsp3) is 0.647. The van der Waals surface area contributed by atoms with E-state index >= 15 is 0 Å². The average Bonchev–Trinajstić information content (AvgIpc) is 3.05. The van der Waals surface area contributed by atoms with Crippen molar-refractivity contribution in [2.24, 2.45) is 23.5 Å². The molecule has 6 N–H and O–H groups in total. The third kappa shape index (κ3) is 17.9. The van der Waals surface area contributed by atoms with Crippen molar-refractivity contribution in [2.75, 3.05) is 45.4 Å². The number of esters is 1. The Kier molecular flexibility index (Phi) is 21.3. The molecule has 0 fully saturated rings. The minimum Gasteiger partial charge on any atom is -0.469 e. The standard InChI is InChI=1S/C34H54N4O10/c1-5-16-47-18-19-48-17-14-28(40)20-26(10-13-30(42)46-4)33(44)38-31(23(2)3)29(41)21-25(7-6-15-36-34(35)45)32(43)37-27-11-8-24(22-39)9-12-27/h8-9,11-12,23,25-26,31,39H,5-7,10,13-22H2,1-4H3,(H,37,43)(H,38,44)(H3,35,36,45)/t25-,26-,31+/m1/s1. The molecule has 14 nitrogen and oxygen atoms in total. The molecular weight excluding hydrogens is 624 g/mol. The smallest absolute Gasteiger partial charge is 0.312 e. The van der Waals surface area contributed by atoms with Gasteiger partial charge in [0.1, 0.15) is 5.78 Å². The summed E-state index contributed by atoms with van der Waals surface area (Å²) in [6.45, 7) is 7.12. The molecule has 0 aliphatic rings. The summed E-state index contributed by atoms with van der Waals surface area (Å²) >= 11 is 0. The Morgan fingerprint density at radius 2 is 1.50 bits per heavy atom. The van der Waals surface area contributed by atoms with Crippen LogP contribution in [0, 0.1) is 17.8 Å². The molecule has 0 aromatic heterocycles. The molecule has 0 unspecified atom stereocenters. The summed E-state index contributed by atoms with van der Waals surface area (Å²) in [5.41, 5.74) is 6.29. The van der Waals surface area contributed by atoms with Gasteiger partial charge in [-0.25, -0.2) is 4.79 Å². The number of ketones is 2. The molecule has 0 aliphatic heterocycles. The number of hydrogen-bond donors (Lipinski definition) is 5. The number of carbonyl (C=O) groups excluding carboxylic acids is 6. The topological polar surface area (TPSA) is 212 Å². The largest absolute Gasteiger partial charge is 0.469 e. The number of benzene rings is 1. The molecule has 0 bridgehead atoms. The fourth-order valence-electron chi connectivity index (χ4n) is 4.83. The molecule has 270 valence electrons. The Bertz CT molecular complexity index is 1160. The first-order valence-electron chi connectivity index (χ1n) is 16.5. The maximum absolute atomic E-state index is 13.7. The van der Waals surface area contributed by atoms with Gasteiger partial charge in [0.05, 0.1) is 39.6 Å². The number of Topliss-reactive ketones (excluding diaryl/α,β-unsaturated/α-hetero) is 2. The summed E-state index contributed by atoms with van der Waals surface area (Å²) in [6.07, 6.45) is 1.18. The third-order valence-corrected chi connectivity index (χ3v) is 7.58. The minimum atomic E-state index is -0.970. The molecule has 1 rings (SSSR count). The van der Waals surface area contributed by atoms with Crippen molar-refractivity contribution in [2.45, 2.75) is 84.8 Å². The van der Waals surface area contributed by atoms with E-state index in [1.807, 2.05) is 6.92 Å². The highest BCUT2D eigenvalue weighted by molar-refractivity contribution is 5.98. The van der Waals surface area contributed by atoms with Crippen LogP contribution in [0.3, 0.4) is 0 Å². The molecule has 1 aromatic rings. The Morgan fingerprint density at radius 3 is 2.08 bits per heavy atom. The van der Waals surface area contributed by atoms with E-state index in [-0.39, 0.29) is 75.8 Å². The first-order chi connectivity index (χ1) is 22.9. The van der Waals surface area contributed by atoms with Crippen molar-refractivity contribution in [3.05, 3.63) is 29.8 Å². The van der Waals surface area contributed by atoms with Gasteiger partial charge in [-0.3, -0.25) is 24.0 Å². The number of ether oxygens (including phenoxy) is 3. The molecule has 0 heterocycles. The first kappa shape index (κ1) is 42.1. The predicted molar refractivity (Wildman–Crippen MR) is 179 cm³/mol. The summed E-state index contributed by atoms with van der Waals surface area (Å²) in [5.74, 6) is -4.15. The van der Waals surface area contributed by atoms with Crippen molar-refractivity contribution in [3.63, 3.8) is 0 Å². The number of amides is 4. The van der Waals surface area contributed by atoms with Crippen LogP contribution >= 0.6 is 0 Å². The number of carbonyl (C=O) groups is 6. The van der Waals surface area contributed by atoms with Gasteiger partial charge < -0.3 is 41.0 Å². The Labute approximate surface area is 283 Å². The Morgan fingerprint density at radius 1 is 0.854 bits per heavy atom. The minimum absolute atomic E-state index is 0.0436. The van der Waals surface area contributed by atoms with Crippen LogP contribution in [0.15, 0.2) is 24.3 Å². The van der Waals surface area contributed by atoms with Crippen LogP contribution in [0.4, 0.5) is 10.5 Å². The fourth-order valence-corrected chi connectivity index (χ4v) is 4.83. The van der Waals surface area contributed by atoms with Gasteiger partial charge >= 0.3 is 12.0 Å². The molecule has 4 amide bonds. The molecule has 0 saturated heterocycles. The summed E-state index contributed by atoms with van der Waals surface area (Å²) in [7, 11) is 1.23. The van der Waals surface area contributed by atoms with Gasteiger partial charge in [-0.2, -0.15) is 0 Å². The molecule has 48 heavy (non-hydrogen) atoms. The highest BCUT2D eigenvalue weighted by Gasteiger charge is 2.32. The molecular formula is C34H54N4O10. The Hall–Kier alpha value is -3.88. The molecule has 14 heteroatoms. The summed E-state index contributed by atoms with van der Waals surface area (Å²) in [5, 5.41) is 17.3. The van der Waals surface area contributed by atoms with E-state index in [4.69, 9.17) is 19.9 Å². The van der Waals surface area contributed by atoms with Crippen LogP contribution in [0.1, 0.15) is 77.7 Å². The van der Waals surface area contributed by atoms with E-state index < -0.39 is 41.7 Å².